The zero-order valence-corrected chi connectivity index (χ0v) is 17.6. The number of hydrogen-bond acceptors (Lipinski definition) is 3. The lowest BCUT2D eigenvalue weighted by Gasteiger charge is -2.24. The Bertz CT molecular complexity index is 891. The lowest BCUT2D eigenvalue weighted by Crippen LogP contribution is -2.46. The largest absolute Gasteiger partial charge is 0.354 e. The lowest BCUT2D eigenvalue weighted by atomic mass is 10.1. The first kappa shape index (κ1) is 21.6. The molecule has 1 saturated heterocycles. The molecule has 0 saturated carbocycles. The summed E-state index contributed by atoms with van der Waals surface area (Å²) < 4.78 is 0. The number of carbonyl (C=O) groups is 3. The number of likely N-dealkylation sites (tertiary alicyclic amines) is 1. The van der Waals surface area contributed by atoms with Crippen LogP contribution in [0.3, 0.4) is 0 Å². The number of hydrogen-bond donors (Lipinski definition) is 2. The van der Waals surface area contributed by atoms with Crippen molar-refractivity contribution in [1.82, 2.24) is 10.2 Å². The summed E-state index contributed by atoms with van der Waals surface area (Å²) in [5, 5.41) is 5.77. The van der Waals surface area contributed by atoms with Crippen LogP contribution in [-0.2, 0) is 4.79 Å². The molecule has 30 heavy (non-hydrogen) atoms. The van der Waals surface area contributed by atoms with Gasteiger partial charge >= 0.3 is 0 Å². The van der Waals surface area contributed by atoms with Crippen LogP contribution in [0.1, 0.15) is 58.9 Å². The molecule has 2 N–H and O–H groups in total. The van der Waals surface area contributed by atoms with Crippen LogP contribution in [0.15, 0.2) is 48.5 Å². The van der Waals surface area contributed by atoms with Crippen LogP contribution in [0.2, 0.25) is 0 Å². The smallest absolute Gasteiger partial charge is 0.255 e. The van der Waals surface area contributed by atoms with Crippen molar-refractivity contribution in [3.05, 3.63) is 65.2 Å². The molecule has 3 rings (SSSR count). The standard InChI is InChI=1S/C24H29N3O3/c1-3-4-15-25-23(29)21-6-5-16-27(21)24(30)19-11-13-20(14-12-19)26-22(28)18-9-7-17(2)8-10-18/h7-14,21H,3-6,15-16H2,1-2H3,(H,25,29)(H,26,28)/t21-/m0/s1. The number of nitrogens with one attached hydrogen (secondary N) is 2. The van der Waals surface area contributed by atoms with Gasteiger partial charge in [-0.15, -0.1) is 0 Å². The van der Waals surface area contributed by atoms with E-state index in [1.807, 2.05) is 19.1 Å². The first-order chi connectivity index (χ1) is 14.5. The SMILES string of the molecule is CCCCNC(=O)[C@@H]1CCCN1C(=O)c1ccc(NC(=O)c2ccc(C)cc2)cc1. The molecule has 3 amide bonds. The Morgan fingerprint density at radius 2 is 1.67 bits per heavy atom. The van der Waals surface area contributed by atoms with E-state index in [0.717, 1.165) is 24.8 Å². The first-order valence-corrected chi connectivity index (χ1v) is 10.6. The van der Waals surface area contributed by atoms with E-state index in [0.29, 0.717) is 36.3 Å². The minimum absolute atomic E-state index is 0.0729. The number of carbonyl (C=O) groups excluding carboxylic acids is 3. The van der Waals surface area contributed by atoms with Gasteiger partial charge in [0, 0.05) is 29.9 Å². The van der Waals surface area contributed by atoms with Crippen LogP contribution < -0.4 is 10.6 Å². The second-order valence-electron chi connectivity index (χ2n) is 7.70. The summed E-state index contributed by atoms with van der Waals surface area (Å²) in [6.45, 7) is 5.27. The molecular formula is C24H29N3O3. The fourth-order valence-electron chi connectivity index (χ4n) is 3.56. The van der Waals surface area contributed by atoms with Gasteiger partial charge in [0.05, 0.1) is 0 Å². The van der Waals surface area contributed by atoms with Crippen molar-refractivity contribution in [1.29, 1.82) is 0 Å². The quantitative estimate of drug-likeness (QED) is 0.686. The summed E-state index contributed by atoms with van der Waals surface area (Å²) in [6, 6.07) is 13.7. The van der Waals surface area contributed by atoms with Crippen LogP contribution in [0.25, 0.3) is 0 Å². The summed E-state index contributed by atoms with van der Waals surface area (Å²) in [5.41, 5.74) is 2.80. The van der Waals surface area contributed by atoms with E-state index >= 15 is 0 Å². The van der Waals surface area contributed by atoms with Gasteiger partial charge < -0.3 is 15.5 Å². The number of rotatable bonds is 7. The third-order valence-corrected chi connectivity index (χ3v) is 5.35. The molecule has 0 unspecified atom stereocenters. The Morgan fingerprint density at radius 3 is 2.33 bits per heavy atom. The zero-order valence-electron chi connectivity index (χ0n) is 17.6. The molecule has 1 heterocycles. The molecule has 6 nitrogen and oxygen atoms in total. The molecule has 0 bridgehead atoms. The van der Waals surface area contributed by atoms with E-state index in [-0.39, 0.29) is 17.7 Å². The van der Waals surface area contributed by atoms with Gasteiger partial charge in [0.15, 0.2) is 0 Å². The molecule has 1 aliphatic rings. The number of unbranched alkanes of at least 4 members (excludes halogenated alkanes) is 1. The van der Waals surface area contributed by atoms with Crippen molar-refractivity contribution in [2.75, 3.05) is 18.4 Å². The van der Waals surface area contributed by atoms with E-state index in [1.54, 1.807) is 41.3 Å². The topological polar surface area (TPSA) is 78.5 Å². The van der Waals surface area contributed by atoms with E-state index < -0.39 is 6.04 Å². The van der Waals surface area contributed by atoms with E-state index in [4.69, 9.17) is 0 Å². The van der Waals surface area contributed by atoms with Crippen molar-refractivity contribution in [2.45, 2.75) is 45.6 Å². The summed E-state index contributed by atoms with van der Waals surface area (Å²) in [7, 11) is 0. The Hall–Kier alpha value is -3.15. The van der Waals surface area contributed by atoms with Crippen molar-refractivity contribution in [3.8, 4) is 0 Å². The van der Waals surface area contributed by atoms with Gasteiger partial charge in [0.25, 0.3) is 11.8 Å². The minimum atomic E-state index is -0.407. The van der Waals surface area contributed by atoms with Gasteiger partial charge in [0.2, 0.25) is 5.91 Å². The van der Waals surface area contributed by atoms with Crippen molar-refractivity contribution < 1.29 is 14.4 Å². The Balaban J connectivity index is 1.62. The van der Waals surface area contributed by atoms with E-state index in [9.17, 15) is 14.4 Å². The van der Waals surface area contributed by atoms with Gasteiger partial charge in [-0.2, -0.15) is 0 Å². The van der Waals surface area contributed by atoms with Crippen molar-refractivity contribution in [2.24, 2.45) is 0 Å². The molecule has 2 aromatic rings. The molecule has 0 radical (unpaired) electrons. The molecule has 158 valence electrons. The minimum Gasteiger partial charge on any atom is -0.354 e. The first-order valence-electron chi connectivity index (χ1n) is 10.6. The Morgan fingerprint density at radius 1 is 1.00 bits per heavy atom. The third kappa shape index (κ3) is 5.26. The number of nitrogens with zero attached hydrogens (tertiary/aromatic N) is 1. The molecule has 0 spiro atoms. The fraction of sp³-hybridized carbons (Fsp3) is 0.375. The molecule has 1 aliphatic heterocycles. The predicted molar refractivity (Wildman–Crippen MR) is 118 cm³/mol. The van der Waals surface area contributed by atoms with Gasteiger partial charge in [-0.3, -0.25) is 14.4 Å². The number of amides is 3. The van der Waals surface area contributed by atoms with Gasteiger partial charge in [0.1, 0.15) is 6.04 Å². The number of aryl methyl sites for hydroxylation is 1. The fourth-order valence-corrected chi connectivity index (χ4v) is 3.56. The highest BCUT2D eigenvalue weighted by Gasteiger charge is 2.34. The van der Waals surface area contributed by atoms with E-state index in [1.165, 1.54) is 0 Å². The molecule has 2 aromatic carbocycles. The maximum Gasteiger partial charge on any atom is 0.255 e. The average Bonchev–Trinajstić information content (AvgIpc) is 3.24. The molecule has 0 aliphatic carbocycles. The highest BCUT2D eigenvalue weighted by molar-refractivity contribution is 6.04. The Kier molecular flexibility index (Phi) is 7.22. The highest BCUT2D eigenvalue weighted by atomic mass is 16.2. The van der Waals surface area contributed by atoms with Gasteiger partial charge in [-0.25, -0.2) is 0 Å². The monoisotopic (exact) mass is 407 g/mol. The van der Waals surface area contributed by atoms with Crippen LogP contribution >= 0.6 is 0 Å². The van der Waals surface area contributed by atoms with Crippen LogP contribution in [0.4, 0.5) is 5.69 Å². The second kappa shape index (κ2) is 10.1. The Labute approximate surface area is 177 Å². The summed E-state index contributed by atoms with van der Waals surface area (Å²) in [5.74, 6) is -0.423. The van der Waals surface area contributed by atoms with Crippen LogP contribution in [0, 0.1) is 6.92 Å². The molecule has 1 atom stereocenters. The predicted octanol–water partition coefficient (Wildman–Crippen LogP) is 3.77. The summed E-state index contributed by atoms with van der Waals surface area (Å²) >= 11 is 0. The lowest BCUT2D eigenvalue weighted by molar-refractivity contribution is -0.124. The molecular weight excluding hydrogens is 378 g/mol. The average molecular weight is 408 g/mol. The molecule has 0 aromatic heterocycles. The summed E-state index contributed by atoms with van der Waals surface area (Å²) in [6.07, 6.45) is 3.46. The maximum atomic E-state index is 12.9. The molecule has 6 heteroatoms. The molecule has 1 fully saturated rings. The summed E-state index contributed by atoms with van der Waals surface area (Å²) in [4.78, 5) is 39.4. The van der Waals surface area contributed by atoms with Crippen LogP contribution in [0.5, 0.6) is 0 Å². The highest BCUT2D eigenvalue weighted by Crippen LogP contribution is 2.21. The van der Waals surface area contributed by atoms with Crippen LogP contribution in [-0.4, -0.2) is 41.8 Å². The number of benzene rings is 2. The number of anilines is 1. The third-order valence-electron chi connectivity index (χ3n) is 5.35. The van der Waals surface area contributed by atoms with E-state index in [2.05, 4.69) is 17.6 Å². The van der Waals surface area contributed by atoms with Crippen molar-refractivity contribution >= 4 is 23.4 Å². The van der Waals surface area contributed by atoms with Crippen molar-refractivity contribution in [3.63, 3.8) is 0 Å². The zero-order chi connectivity index (χ0) is 21.5. The second-order valence-corrected chi connectivity index (χ2v) is 7.70. The maximum absolute atomic E-state index is 12.9. The normalized spacial score (nSPS) is 15.7. The van der Waals surface area contributed by atoms with Gasteiger partial charge in [-0.05, 0) is 62.6 Å². The van der Waals surface area contributed by atoms with Gasteiger partial charge in [-0.1, -0.05) is 31.0 Å².